The van der Waals surface area contributed by atoms with Crippen LogP contribution in [0.1, 0.15) is 37.0 Å². The van der Waals surface area contributed by atoms with Crippen molar-refractivity contribution in [3.05, 3.63) is 35.9 Å². The van der Waals surface area contributed by atoms with Gasteiger partial charge in [0.2, 0.25) is 5.91 Å². The molecule has 0 N–H and O–H groups in total. The van der Waals surface area contributed by atoms with Crippen LogP contribution in [0.4, 0.5) is 0 Å². The first-order valence-electron chi connectivity index (χ1n) is 8.14. The maximum Gasteiger partial charge on any atom is 0.306 e. The number of nitrogens with zero attached hydrogens (tertiary/aromatic N) is 1. The number of benzene rings is 1. The lowest BCUT2D eigenvalue weighted by Gasteiger charge is -2.19. The average molecular weight is 353 g/mol. The third kappa shape index (κ3) is 4.80. The van der Waals surface area contributed by atoms with Crippen LogP contribution in [0.2, 0.25) is 0 Å². The van der Waals surface area contributed by atoms with Crippen molar-refractivity contribution in [1.29, 1.82) is 0 Å². The van der Waals surface area contributed by atoms with Crippen LogP contribution in [0.25, 0.3) is 0 Å². The summed E-state index contributed by atoms with van der Waals surface area (Å²) >= 11 is 0. The predicted octanol–water partition coefficient (Wildman–Crippen LogP) is 1.72. The molecule has 7 heteroatoms. The first kappa shape index (κ1) is 18.4. The van der Waals surface area contributed by atoms with Crippen molar-refractivity contribution in [2.75, 3.05) is 25.4 Å². The third-order valence-electron chi connectivity index (χ3n) is 4.11. The Labute approximate surface area is 142 Å². The molecule has 1 aliphatic heterocycles. The number of esters is 1. The van der Waals surface area contributed by atoms with Gasteiger partial charge in [0.1, 0.15) is 0 Å². The molecule has 1 aromatic carbocycles. The van der Waals surface area contributed by atoms with Gasteiger partial charge in [-0.05, 0) is 18.9 Å². The van der Waals surface area contributed by atoms with Gasteiger partial charge in [-0.1, -0.05) is 30.3 Å². The Kier molecular flexibility index (Phi) is 6.36. The molecule has 0 aromatic heterocycles. The highest BCUT2D eigenvalue weighted by Crippen LogP contribution is 2.29. The number of hydrogen-bond donors (Lipinski definition) is 0. The van der Waals surface area contributed by atoms with Crippen LogP contribution in [0.15, 0.2) is 30.3 Å². The molecule has 0 saturated carbocycles. The van der Waals surface area contributed by atoms with Gasteiger partial charge in [-0.15, -0.1) is 0 Å². The van der Waals surface area contributed by atoms with Gasteiger partial charge in [0.05, 0.1) is 24.0 Å². The first-order chi connectivity index (χ1) is 11.4. The zero-order valence-corrected chi connectivity index (χ0v) is 14.6. The van der Waals surface area contributed by atoms with Crippen LogP contribution < -0.4 is 0 Å². The molecule has 0 bridgehead atoms. The van der Waals surface area contributed by atoms with Crippen molar-refractivity contribution in [3.8, 4) is 0 Å². The topological polar surface area (TPSA) is 80.8 Å². The Morgan fingerprint density at radius 2 is 1.88 bits per heavy atom. The minimum atomic E-state index is -3.30. The van der Waals surface area contributed by atoms with Crippen molar-refractivity contribution in [2.24, 2.45) is 0 Å². The number of hydrogen-bond acceptors (Lipinski definition) is 5. The molecule has 2 rings (SSSR count). The number of ether oxygens (including phenoxy) is 1. The Balaban J connectivity index is 2.00. The molecule has 132 valence electrons. The maximum atomic E-state index is 12.5. The van der Waals surface area contributed by atoms with E-state index < -0.39 is 21.1 Å². The highest BCUT2D eigenvalue weighted by atomic mass is 32.2. The summed E-state index contributed by atoms with van der Waals surface area (Å²) in [5, 5.41) is -0.582. The van der Waals surface area contributed by atoms with Crippen LogP contribution in [-0.2, 0) is 24.2 Å². The summed E-state index contributed by atoms with van der Waals surface area (Å²) in [4.78, 5) is 25.1. The number of rotatable bonds is 5. The Bertz CT molecular complexity index is 671. The summed E-state index contributed by atoms with van der Waals surface area (Å²) < 4.78 is 29.8. The molecule has 6 nitrogen and oxygen atoms in total. The standard InChI is InChI=1S/C17H23NO5S/c1-2-23-17(20)9-8-16(19)18-11-10-15(24(21,22)13-12-18)14-6-4-3-5-7-14/h3-7,15H,2,8-13H2,1H3. The molecule has 1 atom stereocenters. The van der Waals surface area contributed by atoms with Crippen LogP contribution in [0, 0.1) is 0 Å². The second kappa shape index (κ2) is 8.28. The summed E-state index contributed by atoms with van der Waals surface area (Å²) in [6.45, 7) is 2.55. The molecule has 1 fully saturated rings. The van der Waals surface area contributed by atoms with Gasteiger partial charge < -0.3 is 9.64 Å². The van der Waals surface area contributed by atoms with Crippen molar-refractivity contribution in [3.63, 3.8) is 0 Å². The van der Waals surface area contributed by atoms with E-state index >= 15 is 0 Å². The summed E-state index contributed by atoms with van der Waals surface area (Å²) in [7, 11) is -3.30. The molecular formula is C17H23NO5S. The van der Waals surface area contributed by atoms with Crippen molar-refractivity contribution in [2.45, 2.75) is 31.4 Å². The van der Waals surface area contributed by atoms with Crippen molar-refractivity contribution in [1.82, 2.24) is 4.90 Å². The predicted molar refractivity (Wildman–Crippen MR) is 90.0 cm³/mol. The van der Waals surface area contributed by atoms with Gasteiger partial charge in [0, 0.05) is 19.5 Å². The van der Waals surface area contributed by atoms with Gasteiger partial charge >= 0.3 is 5.97 Å². The molecule has 1 amide bonds. The van der Waals surface area contributed by atoms with Gasteiger partial charge in [-0.3, -0.25) is 9.59 Å². The molecular weight excluding hydrogens is 330 g/mol. The van der Waals surface area contributed by atoms with E-state index in [9.17, 15) is 18.0 Å². The minimum Gasteiger partial charge on any atom is -0.466 e. The van der Waals surface area contributed by atoms with E-state index in [1.165, 1.54) is 0 Å². The van der Waals surface area contributed by atoms with E-state index in [1.54, 1.807) is 24.0 Å². The summed E-state index contributed by atoms with van der Waals surface area (Å²) in [5.41, 5.74) is 0.762. The molecule has 1 heterocycles. The normalized spacial score (nSPS) is 20.2. The second-order valence-electron chi connectivity index (χ2n) is 5.74. The largest absolute Gasteiger partial charge is 0.466 e. The average Bonchev–Trinajstić information content (AvgIpc) is 2.72. The lowest BCUT2D eigenvalue weighted by Crippen LogP contribution is -2.33. The van der Waals surface area contributed by atoms with Crippen LogP contribution in [-0.4, -0.2) is 50.6 Å². The van der Waals surface area contributed by atoms with Crippen molar-refractivity contribution < 1.29 is 22.7 Å². The Morgan fingerprint density at radius 3 is 2.54 bits per heavy atom. The number of carbonyl (C=O) groups is 2. The smallest absolute Gasteiger partial charge is 0.306 e. The monoisotopic (exact) mass is 353 g/mol. The third-order valence-corrected chi connectivity index (χ3v) is 6.24. The summed E-state index contributed by atoms with van der Waals surface area (Å²) in [6, 6.07) is 9.09. The summed E-state index contributed by atoms with van der Waals surface area (Å²) in [5.74, 6) is -0.667. The fourth-order valence-corrected chi connectivity index (χ4v) is 4.63. The number of carbonyl (C=O) groups excluding carboxylic acids is 2. The Morgan fingerprint density at radius 1 is 1.17 bits per heavy atom. The van der Waals surface area contributed by atoms with Gasteiger partial charge in [0.15, 0.2) is 9.84 Å². The van der Waals surface area contributed by atoms with E-state index in [-0.39, 0.29) is 37.7 Å². The molecule has 1 saturated heterocycles. The molecule has 0 spiro atoms. The SMILES string of the molecule is CCOC(=O)CCC(=O)N1CCC(c2ccccc2)S(=O)(=O)CC1. The fourth-order valence-electron chi connectivity index (χ4n) is 2.84. The zero-order valence-electron chi connectivity index (χ0n) is 13.8. The lowest BCUT2D eigenvalue weighted by atomic mass is 10.1. The van der Waals surface area contributed by atoms with Crippen LogP contribution in [0.5, 0.6) is 0 Å². The molecule has 0 radical (unpaired) electrons. The van der Waals surface area contributed by atoms with Gasteiger partial charge in [-0.2, -0.15) is 0 Å². The number of sulfone groups is 1. The molecule has 1 aliphatic rings. The van der Waals surface area contributed by atoms with Gasteiger partial charge in [-0.25, -0.2) is 8.42 Å². The van der Waals surface area contributed by atoms with E-state index in [1.807, 2.05) is 18.2 Å². The highest BCUT2D eigenvalue weighted by molar-refractivity contribution is 7.91. The second-order valence-corrected chi connectivity index (χ2v) is 8.04. The molecule has 24 heavy (non-hydrogen) atoms. The zero-order chi connectivity index (χ0) is 17.6. The minimum absolute atomic E-state index is 0.0258. The first-order valence-corrected chi connectivity index (χ1v) is 9.85. The molecule has 0 aliphatic carbocycles. The van der Waals surface area contributed by atoms with Crippen LogP contribution >= 0.6 is 0 Å². The quantitative estimate of drug-likeness (QED) is 0.753. The van der Waals surface area contributed by atoms with E-state index in [0.717, 1.165) is 5.56 Å². The molecule has 1 aromatic rings. The lowest BCUT2D eigenvalue weighted by molar-refractivity contribution is -0.145. The Hall–Kier alpha value is -1.89. The fraction of sp³-hybridized carbons (Fsp3) is 0.529. The van der Waals surface area contributed by atoms with Crippen LogP contribution in [0.3, 0.4) is 0 Å². The van der Waals surface area contributed by atoms with E-state index in [0.29, 0.717) is 13.0 Å². The van der Waals surface area contributed by atoms with Gasteiger partial charge in [0.25, 0.3) is 0 Å². The van der Waals surface area contributed by atoms with Crippen molar-refractivity contribution >= 4 is 21.7 Å². The maximum absolute atomic E-state index is 12.5. The van der Waals surface area contributed by atoms with E-state index in [2.05, 4.69) is 0 Å². The summed E-state index contributed by atoms with van der Waals surface area (Å²) in [6.07, 6.45) is 0.449. The molecule has 1 unspecified atom stereocenters. The number of amides is 1. The van der Waals surface area contributed by atoms with E-state index in [4.69, 9.17) is 4.74 Å². The highest BCUT2D eigenvalue weighted by Gasteiger charge is 2.32.